The topological polar surface area (TPSA) is 123 Å². The fourth-order valence-corrected chi connectivity index (χ4v) is 2.95. The molecule has 0 aliphatic rings. The summed E-state index contributed by atoms with van der Waals surface area (Å²) < 4.78 is 5.23. The zero-order valence-electron chi connectivity index (χ0n) is 14.8. The molecule has 26 heavy (non-hydrogen) atoms. The molecule has 1 amide bonds. The maximum atomic E-state index is 12.9. The summed E-state index contributed by atoms with van der Waals surface area (Å²) >= 11 is 0. The number of fused-ring (bicyclic) bond motifs is 1. The van der Waals surface area contributed by atoms with Crippen molar-refractivity contribution in [3.8, 4) is 5.95 Å². The Hall–Kier alpha value is -3.43. The minimum Gasteiger partial charge on any atom is -0.368 e. The summed E-state index contributed by atoms with van der Waals surface area (Å²) in [6.45, 7) is 7.19. The van der Waals surface area contributed by atoms with Gasteiger partial charge in [0, 0.05) is 19.3 Å². The Labute approximate surface area is 147 Å². The van der Waals surface area contributed by atoms with E-state index in [0.717, 1.165) is 16.0 Å². The molecule has 0 radical (unpaired) electrons. The summed E-state index contributed by atoms with van der Waals surface area (Å²) in [4.78, 5) is 41.1. The molecule has 0 bridgehead atoms. The van der Waals surface area contributed by atoms with E-state index in [4.69, 9.17) is 5.73 Å². The molecule has 136 valence electrons. The Bertz CT molecular complexity index is 1160. The highest BCUT2D eigenvalue weighted by atomic mass is 16.2. The van der Waals surface area contributed by atoms with Crippen molar-refractivity contribution in [2.75, 3.05) is 0 Å². The van der Waals surface area contributed by atoms with Gasteiger partial charge in [-0.1, -0.05) is 6.08 Å². The second kappa shape index (κ2) is 6.14. The minimum absolute atomic E-state index is 0.177. The van der Waals surface area contributed by atoms with Crippen LogP contribution in [0.3, 0.4) is 0 Å². The van der Waals surface area contributed by atoms with Crippen LogP contribution in [0.1, 0.15) is 11.4 Å². The number of primary amides is 1. The van der Waals surface area contributed by atoms with E-state index in [2.05, 4.69) is 16.7 Å². The van der Waals surface area contributed by atoms with E-state index >= 15 is 0 Å². The van der Waals surface area contributed by atoms with E-state index in [1.165, 1.54) is 11.6 Å². The van der Waals surface area contributed by atoms with E-state index in [0.29, 0.717) is 5.95 Å². The lowest BCUT2D eigenvalue weighted by Gasteiger charge is -2.09. The average Bonchev–Trinajstić information content (AvgIpc) is 3.09. The maximum Gasteiger partial charge on any atom is 0.332 e. The molecule has 3 heterocycles. The molecule has 0 saturated heterocycles. The van der Waals surface area contributed by atoms with Gasteiger partial charge in [0.2, 0.25) is 11.9 Å². The van der Waals surface area contributed by atoms with Crippen molar-refractivity contribution in [3.05, 3.63) is 50.9 Å². The standard InChI is InChI=1S/C16H19N7O3/c1-5-6-21-12-13(18-15(21)23-10(3)7-9(2)19-23)20(4)16(26)22(14(12)25)8-11(17)24/h5,7H,1,6,8H2,2-4H3,(H2,17,24). The van der Waals surface area contributed by atoms with Crippen molar-refractivity contribution in [1.82, 2.24) is 28.5 Å². The summed E-state index contributed by atoms with van der Waals surface area (Å²) in [5.74, 6) is -0.397. The minimum atomic E-state index is -0.780. The van der Waals surface area contributed by atoms with Gasteiger partial charge in [0.05, 0.1) is 5.69 Å². The number of nitrogens with zero attached hydrogens (tertiary/aromatic N) is 6. The van der Waals surface area contributed by atoms with Crippen LogP contribution in [0.4, 0.5) is 0 Å². The first-order valence-corrected chi connectivity index (χ1v) is 7.89. The van der Waals surface area contributed by atoms with Gasteiger partial charge in [0.15, 0.2) is 11.2 Å². The van der Waals surface area contributed by atoms with Gasteiger partial charge in [0.25, 0.3) is 5.56 Å². The highest BCUT2D eigenvalue weighted by molar-refractivity contribution is 5.75. The molecule has 3 aromatic heterocycles. The quantitative estimate of drug-likeness (QED) is 0.609. The Balaban J connectivity index is 2.46. The fourth-order valence-electron chi connectivity index (χ4n) is 2.95. The number of nitrogens with two attached hydrogens (primary N) is 1. The molecule has 0 saturated carbocycles. The highest BCUT2D eigenvalue weighted by Gasteiger charge is 2.22. The molecule has 0 unspecified atom stereocenters. The van der Waals surface area contributed by atoms with Crippen LogP contribution in [-0.4, -0.2) is 34.4 Å². The first-order chi connectivity index (χ1) is 12.3. The first kappa shape index (κ1) is 17.4. The number of imidazole rings is 1. The van der Waals surface area contributed by atoms with Crippen molar-refractivity contribution in [2.45, 2.75) is 26.9 Å². The summed E-state index contributed by atoms with van der Waals surface area (Å²) in [5, 5.41) is 4.40. The number of allylic oxidation sites excluding steroid dienone is 1. The van der Waals surface area contributed by atoms with Gasteiger partial charge in [-0.2, -0.15) is 10.1 Å². The van der Waals surface area contributed by atoms with Gasteiger partial charge in [-0.3, -0.25) is 18.7 Å². The highest BCUT2D eigenvalue weighted by Crippen LogP contribution is 2.17. The van der Waals surface area contributed by atoms with E-state index in [1.807, 2.05) is 19.9 Å². The van der Waals surface area contributed by atoms with Crippen LogP contribution in [-0.2, 0) is 24.9 Å². The zero-order chi connectivity index (χ0) is 19.2. The van der Waals surface area contributed by atoms with Gasteiger partial charge in [-0.05, 0) is 19.9 Å². The number of amides is 1. The molecule has 0 fully saturated rings. The van der Waals surface area contributed by atoms with Gasteiger partial charge in [-0.15, -0.1) is 6.58 Å². The Morgan fingerprint density at radius 2 is 2.00 bits per heavy atom. The van der Waals surface area contributed by atoms with Crippen molar-refractivity contribution < 1.29 is 4.79 Å². The molecule has 0 spiro atoms. The van der Waals surface area contributed by atoms with Crippen molar-refractivity contribution >= 4 is 17.1 Å². The number of hydrogen-bond donors (Lipinski definition) is 1. The third-order valence-corrected chi connectivity index (χ3v) is 4.04. The largest absolute Gasteiger partial charge is 0.368 e. The molecule has 0 aliphatic heterocycles. The van der Waals surface area contributed by atoms with E-state index in [-0.39, 0.29) is 17.7 Å². The number of aryl methyl sites for hydroxylation is 3. The Morgan fingerprint density at radius 3 is 2.54 bits per heavy atom. The van der Waals surface area contributed by atoms with Crippen LogP contribution in [0.5, 0.6) is 0 Å². The smallest absolute Gasteiger partial charge is 0.332 e. The lowest BCUT2D eigenvalue weighted by Crippen LogP contribution is -2.42. The van der Waals surface area contributed by atoms with Crippen LogP contribution < -0.4 is 17.0 Å². The number of carbonyl (C=O) groups excluding carboxylic acids is 1. The molecule has 0 aliphatic carbocycles. The number of aromatic nitrogens is 6. The molecule has 3 rings (SSSR count). The number of carbonyl (C=O) groups is 1. The van der Waals surface area contributed by atoms with Crippen LogP contribution in [0, 0.1) is 13.8 Å². The van der Waals surface area contributed by atoms with E-state index < -0.39 is 23.7 Å². The van der Waals surface area contributed by atoms with E-state index in [1.54, 1.807) is 15.3 Å². The van der Waals surface area contributed by atoms with Crippen LogP contribution >= 0.6 is 0 Å². The van der Waals surface area contributed by atoms with E-state index in [9.17, 15) is 14.4 Å². The van der Waals surface area contributed by atoms with Crippen molar-refractivity contribution in [2.24, 2.45) is 12.8 Å². The summed E-state index contributed by atoms with van der Waals surface area (Å²) in [6.07, 6.45) is 1.61. The third kappa shape index (κ3) is 2.55. The molecule has 0 aromatic carbocycles. The first-order valence-electron chi connectivity index (χ1n) is 7.89. The molecule has 2 N–H and O–H groups in total. The summed E-state index contributed by atoms with van der Waals surface area (Å²) in [5.41, 5.74) is 5.87. The van der Waals surface area contributed by atoms with Gasteiger partial charge in [-0.25, -0.2) is 14.0 Å². The summed E-state index contributed by atoms with van der Waals surface area (Å²) in [7, 11) is 1.48. The average molecular weight is 357 g/mol. The van der Waals surface area contributed by atoms with Crippen LogP contribution in [0.25, 0.3) is 17.1 Å². The normalized spacial score (nSPS) is 11.2. The van der Waals surface area contributed by atoms with Gasteiger partial charge in [0.1, 0.15) is 6.54 Å². The zero-order valence-corrected chi connectivity index (χ0v) is 14.8. The van der Waals surface area contributed by atoms with Crippen molar-refractivity contribution in [3.63, 3.8) is 0 Å². The number of rotatable bonds is 5. The molecular weight excluding hydrogens is 338 g/mol. The Morgan fingerprint density at radius 1 is 1.31 bits per heavy atom. The molecule has 0 atom stereocenters. The summed E-state index contributed by atoms with van der Waals surface area (Å²) in [6, 6.07) is 1.88. The molecule has 10 nitrogen and oxygen atoms in total. The van der Waals surface area contributed by atoms with Crippen LogP contribution in [0.15, 0.2) is 28.3 Å². The van der Waals surface area contributed by atoms with Crippen molar-refractivity contribution in [1.29, 1.82) is 0 Å². The second-order valence-electron chi connectivity index (χ2n) is 6.02. The molecule has 3 aromatic rings. The Kier molecular flexibility index (Phi) is 4.10. The fraction of sp³-hybridized carbons (Fsp3) is 0.312. The lowest BCUT2D eigenvalue weighted by atomic mass is 10.4. The van der Waals surface area contributed by atoms with Crippen LogP contribution in [0.2, 0.25) is 0 Å². The SMILES string of the molecule is C=CCn1c(-n2nc(C)cc2C)nc2c1c(=O)n(CC(N)=O)c(=O)n2C. The lowest BCUT2D eigenvalue weighted by molar-refractivity contribution is -0.118. The maximum absolute atomic E-state index is 12.9. The predicted octanol–water partition coefficient (Wildman–Crippen LogP) is -0.629. The molecular formula is C16H19N7O3. The molecule has 10 heteroatoms. The predicted molar refractivity (Wildman–Crippen MR) is 95.2 cm³/mol. The third-order valence-electron chi connectivity index (χ3n) is 4.04. The monoisotopic (exact) mass is 357 g/mol. The second-order valence-corrected chi connectivity index (χ2v) is 6.02. The van der Waals surface area contributed by atoms with Gasteiger partial charge >= 0.3 is 5.69 Å². The number of hydrogen-bond acceptors (Lipinski definition) is 5. The van der Waals surface area contributed by atoms with Gasteiger partial charge < -0.3 is 5.73 Å².